The summed E-state index contributed by atoms with van der Waals surface area (Å²) in [4.78, 5) is 37.3. The summed E-state index contributed by atoms with van der Waals surface area (Å²) in [6, 6.07) is 7.32. The molecule has 0 bridgehead atoms. The molecule has 0 atom stereocenters. The Kier molecular flexibility index (Phi) is 7.91. The lowest BCUT2D eigenvalue weighted by Gasteiger charge is -2.31. The Balaban J connectivity index is 1.66. The quantitative estimate of drug-likeness (QED) is 0.701. The average molecular weight is 377 g/mol. The zero-order valence-electron chi connectivity index (χ0n) is 15.8. The largest absolute Gasteiger partial charge is 0.497 e. The number of carbonyl (C=O) groups excluding carboxylic acids is 3. The molecule has 8 heteroatoms. The van der Waals surface area contributed by atoms with Gasteiger partial charge in [0.1, 0.15) is 12.2 Å². The molecular weight excluding hydrogens is 350 g/mol. The van der Waals surface area contributed by atoms with Gasteiger partial charge in [-0.25, -0.2) is 4.79 Å². The smallest absolute Gasteiger partial charge is 0.409 e. The fourth-order valence-electron chi connectivity index (χ4n) is 2.85. The highest BCUT2D eigenvalue weighted by Gasteiger charge is 2.24. The van der Waals surface area contributed by atoms with Gasteiger partial charge in [-0.05, 0) is 37.5 Å². The maximum absolute atomic E-state index is 12.0. The Morgan fingerprint density at radius 1 is 1.11 bits per heavy atom. The van der Waals surface area contributed by atoms with Gasteiger partial charge >= 0.3 is 6.09 Å². The molecule has 2 rings (SSSR count). The molecule has 27 heavy (non-hydrogen) atoms. The number of amides is 3. The second kappa shape index (κ2) is 10.4. The van der Waals surface area contributed by atoms with E-state index in [0.717, 1.165) is 11.3 Å². The number of benzene rings is 1. The van der Waals surface area contributed by atoms with E-state index in [1.165, 1.54) is 0 Å². The Morgan fingerprint density at radius 2 is 1.78 bits per heavy atom. The van der Waals surface area contributed by atoms with Gasteiger partial charge in [0.15, 0.2) is 0 Å². The van der Waals surface area contributed by atoms with E-state index in [9.17, 15) is 14.4 Å². The normalized spacial score (nSPS) is 14.4. The fraction of sp³-hybridized carbons (Fsp3) is 0.526. The molecule has 1 aromatic carbocycles. The maximum atomic E-state index is 12.0. The average Bonchev–Trinajstić information content (AvgIpc) is 2.67. The predicted molar refractivity (Wildman–Crippen MR) is 99.2 cm³/mol. The van der Waals surface area contributed by atoms with Crippen molar-refractivity contribution in [1.82, 2.24) is 15.5 Å². The monoisotopic (exact) mass is 377 g/mol. The minimum atomic E-state index is -0.327. The molecule has 0 saturated carbocycles. The zero-order chi connectivity index (χ0) is 19.6. The van der Waals surface area contributed by atoms with Crippen molar-refractivity contribution in [2.75, 3.05) is 26.8 Å². The van der Waals surface area contributed by atoms with Gasteiger partial charge in [-0.3, -0.25) is 9.59 Å². The Labute approximate surface area is 159 Å². The lowest BCUT2D eigenvalue weighted by Crippen LogP contribution is -2.47. The number of nitrogens with zero attached hydrogens (tertiary/aromatic N) is 1. The van der Waals surface area contributed by atoms with Crippen molar-refractivity contribution in [3.63, 3.8) is 0 Å². The minimum absolute atomic E-state index is 0.0300. The van der Waals surface area contributed by atoms with Crippen molar-refractivity contribution in [2.45, 2.75) is 38.8 Å². The van der Waals surface area contributed by atoms with E-state index in [4.69, 9.17) is 9.47 Å². The molecule has 0 spiro atoms. The standard InChI is InChI=1S/C19H27N3O5/c1-3-27-19(25)22-10-8-15(9-11-22)21-18(24)12-17(23)20-13-14-4-6-16(26-2)7-5-14/h4-7,15H,3,8-13H2,1-2H3,(H,20,23)(H,21,24). The van der Waals surface area contributed by atoms with E-state index >= 15 is 0 Å². The number of hydrogen-bond donors (Lipinski definition) is 2. The maximum Gasteiger partial charge on any atom is 0.409 e. The van der Waals surface area contributed by atoms with Crippen LogP contribution in [0.1, 0.15) is 31.7 Å². The van der Waals surface area contributed by atoms with Crippen LogP contribution >= 0.6 is 0 Å². The summed E-state index contributed by atoms with van der Waals surface area (Å²) >= 11 is 0. The number of likely N-dealkylation sites (tertiary alicyclic amines) is 1. The first-order chi connectivity index (χ1) is 13.0. The van der Waals surface area contributed by atoms with Gasteiger partial charge in [-0.15, -0.1) is 0 Å². The minimum Gasteiger partial charge on any atom is -0.497 e. The molecule has 1 aromatic rings. The lowest BCUT2D eigenvalue weighted by atomic mass is 10.1. The highest BCUT2D eigenvalue weighted by molar-refractivity contribution is 5.96. The van der Waals surface area contributed by atoms with Crippen molar-refractivity contribution in [1.29, 1.82) is 0 Å². The fourth-order valence-corrected chi connectivity index (χ4v) is 2.85. The number of hydrogen-bond acceptors (Lipinski definition) is 5. The molecule has 3 amide bonds. The van der Waals surface area contributed by atoms with Crippen LogP contribution in [0.2, 0.25) is 0 Å². The Bertz CT molecular complexity index is 639. The van der Waals surface area contributed by atoms with Crippen LogP contribution < -0.4 is 15.4 Å². The molecule has 0 aliphatic carbocycles. The molecule has 2 N–H and O–H groups in total. The topological polar surface area (TPSA) is 97.0 Å². The van der Waals surface area contributed by atoms with Gasteiger partial charge in [0.25, 0.3) is 0 Å². The first kappa shape index (κ1) is 20.5. The van der Waals surface area contributed by atoms with Gasteiger partial charge in [0.05, 0.1) is 13.7 Å². The summed E-state index contributed by atoms with van der Waals surface area (Å²) in [6.45, 7) is 3.54. The third-order valence-electron chi connectivity index (χ3n) is 4.36. The number of nitrogens with one attached hydrogen (secondary N) is 2. The molecule has 148 valence electrons. The molecule has 8 nitrogen and oxygen atoms in total. The van der Waals surface area contributed by atoms with Gasteiger partial charge in [0, 0.05) is 25.7 Å². The van der Waals surface area contributed by atoms with E-state index in [1.54, 1.807) is 18.9 Å². The first-order valence-electron chi connectivity index (χ1n) is 9.12. The molecule has 1 fully saturated rings. The molecule has 1 heterocycles. The van der Waals surface area contributed by atoms with Crippen LogP contribution in [-0.2, 0) is 20.9 Å². The van der Waals surface area contributed by atoms with Crippen LogP contribution in [0.25, 0.3) is 0 Å². The predicted octanol–water partition coefficient (Wildman–Crippen LogP) is 1.44. The molecule has 0 unspecified atom stereocenters. The van der Waals surface area contributed by atoms with E-state index in [0.29, 0.717) is 39.1 Å². The molecular formula is C19H27N3O5. The Hall–Kier alpha value is -2.77. The van der Waals surface area contributed by atoms with Crippen molar-refractivity contribution < 1.29 is 23.9 Å². The van der Waals surface area contributed by atoms with Crippen LogP contribution in [0.3, 0.4) is 0 Å². The Morgan fingerprint density at radius 3 is 2.37 bits per heavy atom. The number of rotatable bonds is 7. The van der Waals surface area contributed by atoms with Gasteiger partial charge in [-0.2, -0.15) is 0 Å². The van der Waals surface area contributed by atoms with Crippen LogP contribution in [0, 0.1) is 0 Å². The van der Waals surface area contributed by atoms with Crippen LogP contribution in [0.4, 0.5) is 4.79 Å². The first-order valence-corrected chi connectivity index (χ1v) is 9.12. The number of methoxy groups -OCH3 is 1. The van der Waals surface area contributed by atoms with Crippen LogP contribution in [0.5, 0.6) is 5.75 Å². The third-order valence-corrected chi connectivity index (χ3v) is 4.36. The molecule has 1 aliphatic heterocycles. The van der Waals surface area contributed by atoms with E-state index in [-0.39, 0.29) is 30.4 Å². The molecule has 1 saturated heterocycles. The molecule has 0 radical (unpaired) electrons. The number of ether oxygens (including phenoxy) is 2. The zero-order valence-corrected chi connectivity index (χ0v) is 15.8. The lowest BCUT2D eigenvalue weighted by molar-refractivity contribution is -0.129. The second-order valence-electron chi connectivity index (χ2n) is 6.33. The van der Waals surface area contributed by atoms with Crippen molar-refractivity contribution in [3.8, 4) is 5.75 Å². The summed E-state index contributed by atoms with van der Waals surface area (Å²) < 4.78 is 10.0. The van der Waals surface area contributed by atoms with Gasteiger partial charge in [0.2, 0.25) is 11.8 Å². The summed E-state index contributed by atoms with van der Waals surface area (Å²) in [5, 5.41) is 5.59. The van der Waals surface area contributed by atoms with E-state index in [2.05, 4.69) is 10.6 Å². The SMILES string of the molecule is CCOC(=O)N1CCC(NC(=O)CC(=O)NCc2ccc(OC)cc2)CC1. The summed E-state index contributed by atoms with van der Waals surface area (Å²) in [6.07, 6.45) is 0.768. The third kappa shape index (κ3) is 6.80. The molecule has 0 aromatic heterocycles. The van der Waals surface area contributed by atoms with Crippen molar-refractivity contribution in [3.05, 3.63) is 29.8 Å². The molecule has 1 aliphatic rings. The van der Waals surface area contributed by atoms with Crippen LogP contribution in [-0.4, -0.2) is 55.7 Å². The van der Waals surface area contributed by atoms with Gasteiger partial charge in [-0.1, -0.05) is 12.1 Å². The second-order valence-corrected chi connectivity index (χ2v) is 6.33. The highest BCUT2D eigenvalue weighted by Crippen LogP contribution is 2.12. The van der Waals surface area contributed by atoms with Crippen molar-refractivity contribution >= 4 is 17.9 Å². The van der Waals surface area contributed by atoms with E-state index in [1.807, 2.05) is 24.3 Å². The number of piperidine rings is 1. The summed E-state index contributed by atoms with van der Waals surface area (Å²) in [7, 11) is 1.59. The summed E-state index contributed by atoms with van der Waals surface area (Å²) in [5.74, 6) is 0.113. The number of carbonyl (C=O) groups is 3. The van der Waals surface area contributed by atoms with Gasteiger partial charge < -0.3 is 25.0 Å². The van der Waals surface area contributed by atoms with E-state index < -0.39 is 0 Å². The van der Waals surface area contributed by atoms with Crippen molar-refractivity contribution in [2.24, 2.45) is 0 Å². The highest BCUT2D eigenvalue weighted by atomic mass is 16.6. The van der Waals surface area contributed by atoms with Crippen LogP contribution in [0.15, 0.2) is 24.3 Å². The summed E-state index contributed by atoms with van der Waals surface area (Å²) in [5.41, 5.74) is 0.927.